The number of fused-ring (bicyclic) bond motifs is 1. The fourth-order valence-corrected chi connectivity index (χ4v) is 2.51. The lowest BCUT2D eigenvalue weighted by atomic mass is 10.0. The minimum absolute atomic E-state index is 0.260. The van der Waals surface area contributed by atoms with Gasteiger partial charge in [-0.25, -0.2) is 9.59 Å². The molecule has 0 unspecified atom stereocenters. The first-order valence-electron chi connectivity index (χ1n) is 8.03. The number of hydrogen-bond donors (Lipinski definition) is 2. The van der Waals surface area contributed by atoms with Crippen molar-refractivity contribution in [3.8, 4) is 0 Å². The van der Waals surface area contributed by atoms with Crippen LogP contribution in [0.3, 0.4) is 0 Å². The number of methoxy groups -OCH3 is 1. The third-order valence-electron chi connectivity index (χ3n) is 3.72. The van der Waals surface area contributed by atoms with E-state index in [9.17, 15) is 14.4 Å². The molecule has 26 heavy (non-hydrogen) atoms. The van der Waals surface area contributed by atoms with E-state index in [0.29, 0.717) is 17.9 Å². The van der Waals surface area contributed by atoms with Gasteiger partial charge in [0.05, 0.1) is 23.4 Å². The summed E-state index contributed by atoms with van der Waals surface area (Å²) >= 11 is 0. The van der Waals surface area contributed by atoms with Crippen LogP contribution in [0.25, 0.3) is 10.9 Å². The molecule has 2 N–H and O–H groups in total. The summed E-state index contributed by atoms with van der Waals surface area (Å²) in [5.41, 5.74) is 2.35. The van der Waals surface area contributed by atoms with E-state index in [0.717, 1.165) is 16.5 Å². The molecule has 0 saturated carbocycles. The van der Waals surface area contributed by atoms with Crippen molar-refractivity contribution in [2.24, 2.45) is 0 Å². The Hall–Kier alpha value is -3.00. The molecule has 0 saturated heterocycles. The van der Waals surface area contributed by atoms with Crippen molar-refractivity contribution >= 4 is 28.8 Å². The number of para-hydroxylation sites is 1. The van der Waals surface area contributed by atoms with Crippen LogP contribution < -0.4 is 10.6 Å². The number of nitrogens with zero attached hydrogens (tertiary/aromatic N) is 1. The number of benzene rings is 1. The Morgan fingerprint density at radius 1 is 1.15 bits per heavy atom. The highest BCUT2D eigenvalue weighted by molar-refractivity contribution is 6.00. The maximum Gasteiger partial charge on any atom is 0.340 e. The number of hydrogen-bond acceptors (Lipinski definition) is 6. The van der Waals surface area contributed by atoms with E-state index in [4.69, 9.17) is 9.47 Å². The quantitative estimate of drug-likeness (QED) is 0.598. The number of aromatic nitrogens is 1. The minimum atomic E-state index is -0.725. The van der Waals surface area contributed by atoms with E-state index in [2.05, 4.69) is 15.6 Å². The third-order valence-corrected chi connectivity index (χ3v) is 3.72. The van der Waals surface area contributed by atoms with E-state index in [1.165, 1.54) is 7.11 Å². The number of ether oxygens (including phenoxy) is 2. The van der Waals surface area contributed by atoms with Crippen molar-refractivity contribution in [2.45, 2.75) is 13.8 Å². The van der Waals surface area contributed by atoms with Gasteiger partial charge in [-0.05, 0) is 25.5 Å². The van der Waals surface area contributed by atoms with Crippen molar-refractivity contribution < 1.29 is 23.9 Å². The first-order valence-corrected chi connectivity index (χ1v) is 8.03. The number of nitrogens with one attached hydrogen (secondary N) is 2. The van der Waals surface area contributed by atoms with Crippen LogP contribution in [0.15, 0.2) is 24.3 Å². The molecule has 0 atom stereocenters. The molecule has 0 fully saturated rings. The fraction of sp³-hybridized carbons (Fsp3) is 0.333. The zero-order valence-electron chi connectivity index (χ0n) is 14.9. The number of amides is 3. The minimum Gasteiger partial charge on any atom is -0.452 e. The summed E-state index contributed by atoms with van der Waals surface area (Å²) in [5, 5.41) is 5.33. The van der Waals surface area contributed by atoms with E-state index in [1.54, 1.807) is 13.8 Å². The van der Waals surface area contributed by atoms with Gasteiger partial charge >= 0.3 is 12.0 Å². The number of imide groups is 1. The number of urea groups is 1. The van der Waals surface area contributed by atoms with Crippen LogP contribution in [0.4, 0.5) is 4.79 Å². The number of aryl methyl sites for hydroxylation is 2. The molecule has 138 valence electrons. The van der Waals surface area contributed by atoms with Crippen LogP contribution in [-0.2, 0) is 14.3 Å². The molecule has 1 aromatic carbocycles. The lowest BCUT2D eigenvalue weighted by Crippen LogP contribution is -2.42. The highest BCUT2D eigenvalue weighted by atomic mass is 16.5. The Morgan fingerprint density at radius 2 is 1.88 bits per heavy atom. The lowest BCUT2D eigenvalue weighted by molar-refractivity contribution is -0.123. The standard InChI is InChI=1S/C18H21N3O5/c1-11-13-6-4-5-7-14(13)20-12(2)16(11)17(23)26-10-15(22)21-18(24)19-8-9-25-3/h4-7H,8-10H2,1-3H3,(H2,19,21,22,24). The Kier molecular flexibility index (Phi) is 6.62. The van der Waals surface area contributed by atoms with Crippen LogP contribution in [0.1, 0.15) is 21.6 Å². The zero-order chi connectivity index (χ0) is 19.1. The van der Waals surface area contributed by atoms with Crippen molar-refractivity contribution in [3.63, 3.8) is 0 Å². The van der Waals surface area contributed by atoms with Crippen LogP contribution in [0.5, 0.6) is 0 Å². The number of pyridine rings is 1. The van der Waals surface area contributed by atoms with Crippen molar-refractivity contribution in [2.75, 3.05) is 26.9 Å². The van der Waals surface area contributed by atoms with Gasteiger partial charge in [0.15, 0.2) is 6.61 Å². The number of carbonyl (C=O) groups excluding carboxylic acids is 3. The Bertz CT molecular complexity index is 835. The summed E-state index contributed by atoms with van der Waals surface area (Å²) < 4.78 is 9.81. The number of esters is 1. The maximum absolute atomic E-state index is 12.4. The van der Waals surface area contributed by atoms with E-state index in [1.807, 2.05) is 24.3 Å². The third kappa shape index (κ3) is 4.76. The Balaban J connectivity index is 1.99. The molecule has 8 heteroatoms. The summed E-state index contributed by atoms with van der Waals surface area (Å²) in [6.07, 6.45) is 0. The molecule has 2 aromatic rings. The summed E-state index contributed by atoms with van der Waals surface area (Å²) in [5.74, 6) is -1.38. The molecule has 0 spiro atoms. The van der Waals surface area contributed by atoms with E-state index < -0.39 is 24.5 Å². The highest BCUT2D eigenvalue weighted by Gasteiger charge is 2.19. The summed E-state index contributed by atoms with van der Waals surface area (Å²) in [4.78, 5) is 39.9. The molecular formula is C18H21N3O5. The summed E-state index contributed by atoms with van der Waals surface area (Å²) in [6, 6.07) is 6.78. The number of carbonyl (C=O) groups is 3. The topological polar surface area (TPSA) is 107 Å². The highest BCUT2D eigenvalue weighted by Crippen LogP contribution is 2.23. The van der Waals surface area contributed by atoms with Crippen LogP contribution in [0.2, 0.25) is 0 Å². The van der Waals surface area contributed by atoms with Gasteiger partial charge in [0, 0.05) is 19.0 Å². The molecule has 0 radical (unpaired) electrons. The predicted molar refractivity (Wildman–Crippen MR) is 94.9 cm³/mol. The van der Waals surface area contributed by atoms with Gasteiger partial charge in [0.25, 0.3) is 5.91 Å². The largest absolute Gasteiger partial charge is 0.452 e. The van der Waals surface area contributed by atoms with Crippen molar-refractivity contribution in [1.29, 1.82) is 0 Å². The second-order valence-corrected chi connectivity index (χ2v) is 5.59. The predicted octanol–water partition coefficient (Wildman–Crippen LogP) is 1.48. The Labute approximate surface area is 150 Å². The summed E-state index contributed by atoms with van der Waals surface area (Å²) in [6.45, 7) is 3.53. The van der Waals surface area contributed by atoms with Gasteiger partial charge in [0.2, 0.25) is 0 Å². The Morgan fingerprint density at radius 3 is 2.62 bits per heavy atom. The van der Waals surface area contributed by atoms with Gasteiger partial charge in [-0.15, -0.1) is 0 Å². The first kappa shape index (κ1) is 19.3. The van der Waals surface area contributed by atoms with Gasteiger partial charge in [-0.1, -0.05) is 18.2 Å². The van der Waals surface area contributed by atoms with Gasteiger partial charge in [-0.3, -0.25) is 15.1 Å². The fourth-order valence-electron chi connectivity index (χ4n) is 2.51. The molecule has 1 aromatic heterocycles. The maximum atomic E-state index is 12.4. The normalized spacial score (nSPS) is 10.4. The molecule has 2 rings (SSSR count). The molecule has 1 heterocycles. The average Bonchev–Trinajstić information content (AvgIpc) is 2.60. The van der Waals surface area contributed by atoms with Crippen LogP contribution >= 0.6 is 0 Å². The molecule has 8 nitrogen and oxygen atoms in total. The zero-order valence-corrected chi connectivity index (χ0v) is 14.9. The molecule has 0 aliphatic heterocycles. The van der Waals surface area contributed by atoms with Gasteiger partial charge < -0.3 is 14.8 Å². The monoisotopic (exact) mass is 359 g/mol. The lowest BCUT2D eigenvalue weighted by Gasteiger charge is -2.12. The van der Waals surface area contributed by atoms with Gasteiger partial charge in [-0.2, -0.15) is 0 Å². The smallest absolute Gasteiger partial charge is 0.340 e. The average molecular weight is 359 g/mol. The molecule has 0 aliphatic rings. The van der Waals surface area contributed by atoms with Crippen molar-refractivity contribution in [1.82, 2.24) is 15.6 Å². The van der Waals surface area contributed by atoms with Crippen LogP contribution in [0, 0.1) is 13.8 Å². The SMILES string of the molecule is COCCNC(=O)NC(=O)COC(=O)c1c(C)nc2ccccc2c1C. The van der Waals surface area contributed by atoms with E-state index in [-0.39, 0.29) is 6.54 Å². The number of rotatable bonds is 6. The van der Waals surface area contributed by atoms with Crippen molar-refractivity contribution in [3.05, 3.63) is 41.1 Å². The molecular weight excluding hydrogens is 338 g/mol. The second kappa shape index (κ2) is 8.91. The molecule has 0 aliphatic carbocycles. The van der Waals surface area contributed by atoms with Gasteiger partial charge in [0.1, 0.15) is 0 Å². The molecule has 3 amide bonds. The van der Waals surface area contributed by atoms with Crippen LogP contribution in [-0.4, -0.2) is 49.8 Å². The summed E-state index contributed by atoms with van der Waals surface area (Å²) in [7, 11) is 1.50. The second-order valence-electron chi connectivity index (χ2n) is 5.59. The first-order chi connectivity index (χ1) is 12.4. The molecule has 0 bridgehead atoms. The van der Waals surface area contributed by atoms with E-state index >= 15 is 0 Å².